The molecule has 0 aliphatic rings. The zero-order valence-electron chi connectivity index (χ0n) is 13.2. The molecule has 0 bridgehead atoms. The van der Waals surface area contributed by atoms with Crippen LogP contribution < -0.4 is 9.47 Å². The largest absolute Gasteiger partial charge is 0.493 e. The molecule has 2 aromatic rings. The van der Waals surface area contributed by atoms with Gasteiger partial charge >= 0.3 is 0 Å². The summed E-state index contributed by atoms with van der Waals surface area (Å²) in [6.07, 6.45) is 1.51. The standard InChI is InChI=1S/C18H14N2O3S/c1-12-5-8-24-18(12)17(21)14(11-20)9-13-3-4-15(23-7-6-19)16(10-13)22-2/h3-5,8-10H,7H2,1-2H3/b14-9+. The van der Waals surface area contributed by atoms with Gasteiger partial charge < -0.3 is 9.47 Å². The minimum absolute atomic E-state index is 0.0493. The first-order valence-electron chi connectivity index (χ1n) is 6.99. The molecule has 6 heteroatoms. The van der Waals surface area contributed by atoms with E-state index >= 15 is 0 Å². The van der Waals surface area contributed by atoms with Crippen molar-refractivity contribution < 1.29 is 14.3 Å². The van der Waals surface area contributed by atoms with E-state index in [1.165, 1.54) is 24.5 Å². The molecule has 24 heavy (non-hydrogen) atoms. The van der Waals surface area contributed by atoms with E-state index in [0.29, 0.717) is 21.9 Å². The Labute approximate surface area is 144 Å². The number of ketones is 1. The number of thiophene rings is 1. The molecule has 0 spiro atoms. The zero-order chi connectivity index (χ0) is 17.5. The Morgan fingerprint density at radius 3 is 2.67 bits per heavy atom. The second-order valence-corrected chi connectivity index (χ2v) is 5.70. The number of Topliss-reactive ketones (excluding diaryl/α,β-unsaturated/α-hetero) is 1. The third kappa shape index (κ3) is 3.81. The highest BCUT2D eigenvalue weighted by molar-refractivity contribution is 7.12. The molecule has 0 fully saturated rings. The van der Waals surface area contributed by atoms with Crippen LogP contribution in [-0.4, -0.2) is 19.5 Å². The van der Waals surface area contributed by atoms with Gasteiger partial charge in [0, 0.05) is 0 Å². The lowest BCUT2D eigenvalue weighted by Gasteiger charge is -2.09. The highest BCUT2D eigenvalue weighted by Crippen LogP contribution is 2.29. The van der Waals surface area contributed by atoms with Gasteiger partial charge in [0.1, 0.15) is 17.7 Å². The fourth-order valence-corrected chi connectivity index (χ4v) is 2.93. The van der Waals surface area contributed by atoms with Crippen LogP contribution in [0.3, 0.4) is 0 Å². The van der Waals surface area contributed by atoms with Gasteiger partial charge in [-0.3, -0.25) is 4.79 Å². The summed E-state index contributed by atoms with van der Waals surface area (Å²) < 4.78 is 10.5. The van der Waals surface area contributed by atoms with E-state index in [9.17, 15) is 10.1 Å². The number of hydrogen-bond donors (Lipinski definition) is 0. The first-order valence-corrected chi connectivity index (χ1v) is 7.87. The molecule has 0 saturated heterocycles. The Kier molecular flexibility index (Phi) is 5.73. The van der Waals surface area contributed by atoms with Crippen LogP contribution in [0.25, 0.3) is 6.08 Å². The predicted octanol–water partition coefficient (Wildman–Crippen LogP) is 3.76. The molecule has 5 nitrogen and oxygen atoms in total. The molecule has 1 aromatic carbocycles. The summed E-state index contributed by atoms with van der Waals surface area (Å²) in [6.45, 7) is 1.74. The summed E-state index contributed by atoms with van der Waals surface area (Å²) in [7, 11) is 1.48. The van der Waals surface area contributed by atoms with Crippen molar-refractivity contribution in [3.05, 3.63) is 51.2 Å². The maximum absolute atomic E-state index is 12.5. The van der Waals surface area contributed by atoms with Gasteiger partial charge in [-0.15, -0.1) is 11.3 Å². The zero-order valence-corrected chi connectivity index (χ0v) is 14.0. The van der Waals surface area contributed by atoms with Crippen molar-refractivity contribution in [2.24, 2.45) is 0 Å². The number of rotatable bonds is 6. The van der Waals surface area contributed by atoms with Crippen molar-refractivity contribution in [2.45, 2.75) is 6.92 Å². The van der Waals surface area contributed by atoms with Crippen molar-refractivity contribution in [1.82, 2.24) is 0 Å². The van der Waals surface area contributed by atoms with Crippen LogP contribution in [-0.2, 0) is 0 Å². The molecule has 0 amide bonds. The maximum atomic E-state index is 12.5. The lowest BCUT2D eigenvalue weighted by molar-refractivity contribution is 0.104. The van der Waals surface area contributed by atoms with Gasteiger partial charge in [0.05, 0.1) is 12.0 Å². The fourth-order valence-electron chi connectivity index (χ4n) is 2.05. The van der Waals surface area contributed by atoms with Gasteiger partial charge in [0.2, 0.25) is 5.78 Å². The summed E-state index contributed by atoms with van der Waals surface area (Å²) in [5.74, 6) is 0.556. The number of allylic oxidation sites excluding steroid dienone is 1. The lowest BCUT2D eigenvalue weighted by Crippen LogP contribution is -2.01. The first-order chi connectivity index (χ1) is 11.6. The Bertz CT molecular complexity index is 869. The molecule has 1 aromatic heterocycles. The quantitative estimate of drug-likeness (QED) is 0.455. The van der Waals surface area contributed by atoms with Crippen molar-refractivity contribution >= 4 is 23.2 Å². The van der Waals surface area contributed by atoms with Crippen LogP contribution >= 0.6 is 11.3 Å². The molecular formula is C18H14N2O3S. The smallest absolute Gasteiger partial charge is 0.213 e. The summed E-state index contributed by atoms with van der Waals surface area (Å²) in [5.41, 5.74) is 1.53. The maximum Gasteiger partial charge on any atom is 0.213 e. The first kappa shape index (κ1) is 17.3. The highest BCUT2D eigenvalue weighted by atomic mass is 32.1. The van der Waals surface area contributed by atoms with Gasteiger partial charge in [-0.2, -0.15) is 10.5 Å². The molecule has 0 radical (unpaired) electrons. The monoisotopic (exact) mass is 338 g/mol. The third-order valence-corrected chi connectivity index (χ3v) is 4.24. The average Bonchev–Trinajstić information content (AvgIpc) is 3.03. The van der Waals surface area contributed by atoms with E-state index in [2.05, 4.69) is 0 Å². The molecule has 1 heterocycles. The van der Waals surface area contributed by atoms with E-state index in [-0.39, 0.29) is 18.0 Å². The number of hydrogen-bond acceptors (Lipinski definition) is 6. The van der Waals surface area contributed by atoms with Gasteiger partial charge in [-0.25, -0.2) is 0 Å². The summed E-state index contributed by atoms with van der Waals surface area (Å²) >= 11 is 1.31. The van der Waals surface area contributed by atoms with Crippen LogP contribution in [0.5, 0.6) is 11.5 Å². The van der Waals surface area contributed by atoms with E-state index in [1.54, 1.807) is 18.2 Å². The molecule has 0 N–H and O–H groups in total. The molecule has 2 rings (SSSR count). The number of carbonyl (C=O) groups is 1. The number of nitrogens with zero attached hydrogens (tertiary/aromatic N) is 2. The SMILES string of the molecule is COc1cc(/C=C(\C#N)C(=O)c2sccc2C)ccc1OCC#N. The van der Waals surface area contributed by atoms with Crippen LogP contribution in [0.15, 0.2) is 35.2 Å². The second-order valence-electron chi connectivity index (χ2n) is 4.79. The van der Waals surface area contributed by atoms with Crippen molar-refractivity contribution in [2.75, 3.05) is 13.7 Å². The number of aryl methyl sites for hydroxylation is 1. The normalized spacial score (nSPS) is 10.6. The van der Waals surface area contributed by atoms with E-state index in [1.807, 2.05) is 30.5 Å². The van der Waals surface area contributed by atoms with E-state index in [0.717, 1.165) is 5.56 Å². The van der Waals surface area contributed by atoms with Crippen LogP contribution in [0, 0.1) is 29.6 Å². The minimum atomic E-state index is -0.297. The Morgan fingerprint density at radius 1 is 1.29 bits per heavy atom. The van der Waals surface area contributed by atoms with Gasteiger partial charge in [0.25, 0.3) is 0 Å². The molecule has 0 atom stereocenters. The Morgan fingerprint density at radius 2 is 2.08 bits per heavy atom. The second kappa shape index (κ2) is 7.96. The van der Waals surface area contributed by atoms with Gasteiger partial charge in [-0.05, 0) is 47.7 Å². The average molecular weight is 338 g/mol. The number of methoxy groups -OCH3 is 1. The highest BCUT2D eigenvalue weighted by Gasteiger charge is 2.16. The number of benzene rings is 1. The molecule has 120 valence electrons. The summed E-state index contributed by atoms with van der Waals surface area (Å²) in [6, 6.07) is 10.7. The van der Waals surface area contributed by atoms with Crippen LogP contribution in [0.4, 0.5) is 0 Å². The molecule has 0 saturated carbocycles. The predicted molar refractivity (Wildman–Crippen MR) is 91.1 cm³/mol. The van der Waals surface area contributed by atoms with E-state index in [4.69, 9.17) is 14.7 Å². The lowest BCUT2D eigenvalue weighted by atomic mass is 10.0. The fraction of sp³-hybridized carbons (Fsp3) is 0.167. The Balaban J connectivity index is 2.35. The van der Waals surface area contributed by atoms with Crippen LogP contribution in [0.2, 0.25) is 0 Å². The molecule has 0 unspecified atom stereocenters. The Hall–Kier alpha value is -3.09. The summed E-state index contributed by atoms with van der Waals surface area (Å²) in [5, 5.41) is 19.7. The minimum Gasteiger partial charge on any atom is -0.493 e. The molecule has 0 aliphatic carbocycles. The van der Waals surface area contributed by atoms with Gasteiger partial charge in [-0.1, -0.05) is 6.07 Å². The number of ether oxygens (including phenoxy) is 2. The number of nitriles is 2. The third-order valence-electron chi connectivity index (χ3n) is 3.22. The molecule has 0 aliphatic heterocycles. The molecular weight excluding hydrogens is 324 g/mol. The van der Waals surface area contributed by atoms with Crippen molar-refractivity contribution in [1.29, 1.82) is 10.5 Å². The van der Waals surface area contributed by atoms with E-state index < -0.39 is 0 Å². The van der Waals surface area contributed by atoms with Gasteiger partial charge in [0.15, 0.2) is 18.1 Å². The summed E-state index contributed by atoms with van der Waals surface area (Å²) in [4.78, 5) is 13.0. The number of carbonyl (C=O) groups excluding carboxylic acids is 1. The van der Waals surface area contributed by atoms with Crippen molar-refractivity contribution in [3.8, 4) is 23.6 Å². The van der Waals surface area contributed by atoms with Crippen molar-refractivity contribution in [3.63, 3.8) is 0 Å². The topological polar surface area (TPSA) is 83.1 Å². The van der Waals surface area contributed by atoms with Crippen LogP contribution in [0.1, 0.15) is 20.8 Å².